The van der Waals surface area contributed by atoms with Gasteiger partial charge in [0.1, 0.15) is 17.2 Å². The van der Waals surface area contributed by atoms with Gasteiger partial charge in [0.2, 0.25) is 0 Å². The van der Waals surface area contributed by atoms with Crippen LogP contribution in [0.3, 0.4) is 0 Å². The summed E-state index contributed by atoms with van der Waals surface area (Å²) in [7, 11) is 0. The number of ether oxygens (including phenoxy) is 2. The van der Waals surface area contributed by atoms with E-state index in [4.69, 9.17) is 26.2 Å². The number of carbonyl (C=O) groups excluding carboxylic acids is 1. The average molecular weight is 493 g/mol. The van der Waals surface area contributed by atoms with Crippen LogP contribution >= 0.6 is 11.6 Å². The lowest BCUT2D eigenvalue weighted by molar-refractivity contribution is -0.141. The molecule has 0 spiro atoms. The second-order valence-electron chi connectivity index (χ2n) is 8.95. The number of Topliss-reactive ketones (excluding diaryl/α,β-unsaturated/α-hetero) is 1. The Morgan fingerprint density at radius 1 is 1.09 bits per heavy atom. The molecule has 0 aromatic heterocycles. The van der Waals surface area contributed by atoms with Gasteiger partial charge in [-0.05, 0) is 43.2 Å². The van der Waals surface area contributed by atoms with Gasteiger partial charge in [-0.2, -0.15) is 0 Å². The molecular weight excluding hydrogens is 460 g/mol. The Labute approximate surface area is 205 Å². The van der Waals surface area contributed by atoms with Crippen molar-refractivity contribution in [2.45, 2.75) is 59.5 Å². The van der Waals surface area contributed by atoms with Gasteiger partial charge in [0.05, 0.1) is 36.3 Å². The van der Waals surface area contributed by atoms with Crippen molar-refractivity contribution in [2.24, 2.45) is 5.41 Å². The molecule has 0 fully saturated rings. The number of benzene rings is 2. The molecule has 0 radical (unpaired) electrons. The highest BCUT2D eigenvalue weighted by atomic mass is 35.5. The Bertz CT molecular complexity index is 1020. The molecule has 0 heterocycles. The van der Waals surface area contributed by atoms with Crippen LogP contribution < -0.4 is 9.47 Å². The van der Waals surface area contributed by atoms with E-state index >= 15 is 0 Å². The third kappa shape index (κ3) is 7.11. The van der Waals surface area contributed by atoms with E-state index < -0.39 is 17.5 Å². The van der Waals surface area contributed by atoms with E-state index in [1.165, 1.54) is 6.92 Å². The molecule has 186 valence electrons. The maximum atomic E-state index is 11.7. The summed E-state index contributed by atoms with van der Waals surface area (Å²) in [5.41, 5.74) is 0.569. The van der Waals surface area contributed by atoms with Crippen molar-refractivity contribution in [3.8, 4) is 17.2 Å². The molecule has 2 aromatic carbocycles. The Kier molecular flexibility index (Phi) is 9.77. The number of carboxylic acid groups (broad SMARTS) is 1. The van der Waals surface area contributed by atoms with Crippen LogP contribution in [0.5, 0.6) is 17.2 Å². The van der Waals surface area contributed by atoms with E-state index in [1.807, 2.05) is 6.92 Å². The normalized spacial score (nSPS) is 12.3. The zero-order valence-corrected chi connectivity index (χ0v) is 20.8. The van der Waals surface area contributed by atoms with Gasteiger partial charge in [-0.15, -0.1) is 0 Å². The van der Waals surface area contributed by atoms with Crippen molar-refractivity contribution < 1.29 is 34.4 Å². The lowest BCUT2D eigenvalue weighted by Gasteiger charge is -2.29. The molecule has 0 saturated carbocycles. The van der Waals surface area contributed by atoms with Gasteiger partial charge in [-0.1, -0.05) is 44.9 Å². The van der Waals surface area contributed by atoms with Crippen molar-refractivity contribution in [1.29, 1.82) is 0 Å². The van der Waals surface area contributed by atoms with E-state index in [9.17, 15) is 19.8 Å². The lowest BCUT2D eigenvalue weighted by Crippen LogP contribution is -2.25. The molecule has 2 aromatic rings. The van der Waals surface area contributed by atoms with Crippen LogP contribution in [0.4, 0.5) is 0 Å². The van der Waals surface area contributed by atoms with Gasteiger partial charge in [0, 0.05) is 17.4 Å². The van der Waals surface area contributed by atoms with Crippen LogP contribution in [-0.4, -0.2) is 40.3 Å². The third-order valence-corrected chi connectivity index (χ3v) is 5.84. The Morgan fingerprint density at radius 2 is 1.71 bits per heavy atom. The Morgan fingerprint density at radius 3 is 2.26 bits per heavy atom. The molecule has 8 heteroatoms. The molecule has 0 bridgehead atoms. The number of hydrogen-bond donors (Lipinski definition) is 3. The van der Waals surface area contributed by atoms with Gasteiger partial charge in [-0.25, -0.2) is 0 Å². The summed E-state index contributed by atoms with van der Waals surface area (Å²) in [6.07, 6.45) is 0.763. The maximum Gasteiger partial charge on any atom is 0.303 e. The molecule has 1 atom stereocenters. The summed E-state index contributed by atoms with van der Waals surface area (Å²) < 4.78 is 11.6. The second-order valence-corrected chi connectivity index (χ2v) is 9.35. The summed E-state index contributed by atoms with van der Waals surface area (Å²) in [4.78, 5) is 22.7. The number of aliphatic hydroxyl groups is 1. The average Bonchev–Trinajstić information content (AvgIpc) is 2.75. The van der Waals surface area contributed by atoms with Crippen LogP contribution in [0.25, 0.3) is 0 Å². The van der Waals surface area contributed by atoms with Crippen molar-refractivity contribution in [3.63, 3.8) is 0 Å². The number of phenolic OH excluding ortho intramolecular Hbond substituents is 1. The SMILES string of the molecule is CCCc1c(OCCCOc2ccc(C(O)C(C)(C)CC(=O)O)cc2Cl)ccc(C(C)=O)c1O. The zero-order valence-electron chi connectivity index (χ0n) is 20.1. The first kappa shape index (κ1) is 27.5. The molecule has 0 aliphatic heterocycles. The summed E-state index contributed by atoms with van der Waals surface area (Å²) in [5.74, 6) is -0.211. The predicted molar refractivity (Wildman–Crippen MR) is 130 cm³/mol. The summed E-state index contributed by atoms with van der Waals surface area (Å²) in [6.45, 7) is 7.43. The van der Waals surface area contributed by atoms with Gasteiger partial charge in [-0.3, -0.25) is 9.59 Å². The van der Waals surface area contributed by atoms with Crippen molar-refractivity contribution in [2.75, 3.05) is 13.2 Å². The molecular formula is C26H33ClO7. The summed E-state index contributed by atoms with van der Waals surface area (Å²) in [5, 5.41) is 30.4. The maximum absolute atomic E-state index is 11.7. The van der Waals surface area contributed by atoms with Crippen LogP contribution in [-0.2, 0) is 11.2 Å². The van der Waals surface area contributed by atoms with Gasteiger partial charge in [0.15, 0.2) is 5.78 Å². The standard InChI is InChI=1S/C26H33ClO7/c1-5-7-19-21(11-9-18(16(2)28)24(19)31)33-12-6-13-34-22-10-8-17(14-20(22)27)25(32)26(3,4)15-23(29)30/h8-11,14,25,31-32H,5-7,12-13,15H2,1-4H3,(H,29,30). The monoisotopic (exact) mass is 492 g/mol. The highest BCUT2D eigenvalue weighted by molar-refractivity contribution is 6.32. The zero-order chi connectivity index (χ0) is 25.5. The Hall–Kier alpha value is -2.77. The number of carboxylic acids is 1. The van der Waals surface area contributed by atoms with Crippen molar-refractivity contribution in [1.82, 2.24) is 0 Å². The van der Waals surface area contributed by atoms with Crippen LogP contribution in [0.15, 0.2) is 30.3 Å². The first-order valence-corrected chi connectivity index (χ1v) is 11.7. The number of carbonyl (C=O) groups is 2. The highest BCUT2D eigenvalue weighted by Crippen LogP contribution is 2.39. The molecule has 1 unspecified atom stereocenters. The fourth-order valence-electron chi connectivity index (χ4n) is 3.69. The first-order chi connectivity index (χ1) is 16.0. The smallest absolute Gasteiger partial charge is 0.303 e. The molecule has 0 amide bonds. The first-order valence-electron chi connectivity index (χ1n) is 11.3. The molecule has 0 saturated heterocycles. The van der Waals surface area contributed by atoms with Crippen molar-refractivity contribution >= 4 is 23.4 Å². The van der Waals surface area contributed by atoms with Gasteiger partial charge in [0.25, 0.3) is 0 Å². The Balaban J connectivity index is 1.94. The van der Waals surface area contributed by atoms with Crippen LogP contribution in [0.1, 0.15) is 74.5 Å². The number of aliphatic hydroxyl groups excluding tert-OH is 1. The minimum atomic E-state index is -0.994. The molecule has 3 N–H and O–H groups in total. The number of aliphatic carboxylic acids is 1. The fraction of sp³-hybridized carbons (Fsp3) is 0.462. The second kappa shape index (κ2) is 12.1. The number of ketones is 1. The highest BCUT2D eigenvalue weighted by Gasteiger charge is 2.32. The van der Waals surface area contributed by atoms with Crippen LogP contribution in [0, 0.1) is 5.41 Å². The topological polar surface area (TPSA) is 113 Å². The van der Waals surface area contributed by atoms with Crippen molar-refractivity contribution in [3.05, 3.63) is 52.0 Å². The number of rotatable bonds is 13. The number of halogens is 1. The molecule has 0 aliphatic rings. The van der Waals surface area contributed by atoms with Gasteiger partial charge >= 0.3 is 5.97 Å². The lowest BCUT2D eigenvalue weighted by atomic mass is 9.80. The number of aromatic hydroxyl groups is 1. The summed E-state index contributed by atoms with van der Waals surface area (Å²) >= 11 is 6.31. The van der Waals surface area contributed by atoms with E-state index in [0.717, 1.165) is 6.42 Å². The third-order valence-electron chi connectivity index (χ3n) is 5.54. The van der Waals surface area contributed by atoms with E-state index in [-0.39, 0.29) is 23.5 Å². The van der Waals surface area contributed by atoms with E-state index in [2.05, 4.69) is 0 Å². The molecule has 0 aliphatic carbocycles. The van der Waals surface area contributed by atoms with E-state index in [0.29, 0.717) is 53.7 Å². The minimum absolute atomic E-state index is 0.0244. The molecule has 7 nitrogen and oxygen atoms in total. The largest absolute Gasteiger partial charge is 0.507 e. The quantitative estimate of drug-likeness (QED) is 0.247. The van der Waals surface area contributed by atoms with Gasteiger partial charge < -0.3 is 24.8 Å². The number of phenols is 1. The summed E-state index contributed by atoms with van der Waals surface area (Å²) in [6, 6.07) is 8.17. The minimum Gasteiger partial charge on any atom is -0.507 e. The fourth-order valence-corrected chi connectivity index (χ4v) is 3.94. The van der Waals surface area contributed by atoms with E-state index in [1.54, 1.807) is 44.2 Å². The molecule has 34 heavy (non-hydrogen) atoms. The van der Waals surface area contributed by atoms with Crippen LogP contribution in [0.2, 0.25) is 5.02 Å². The predicted octanol–water partition coefficient (Wildman–Crippen LogP) is 5.58. The molecule has 2 rings (SSSR count). The number of hydrogen-bond acceptors (Lipinski definition) is 6.